The summed E-state index contributed by atoms with van der Waals surface area (Å²) in [4.78, 5) is 38.8. The van der Waals surface area contributed by atoms with Gasteiger partial charge in [-0.1, -0.05) is 48.7 Å². The second-order valence-corrected chi connectivity index (χ2v) is 8.48. The van der Waals surface area contributed by atoms with E-state index in [1.165, 1.54) is 4.90 Å². The predicted molar refractivity (Wildman–Crippen MR) is 106 cm³/mol. The number of rotatable bonds is 4. The van der Waals surface area contributed by atoms with Crippen molar-refractivity contribution in [3.63, 3.8) is 0 Å². The molecule has 1 spiro atoms. The highest BCUT2D eigenvalue weighted by molar-refractivity contribution is 7.99. The normalized spacial score (nSPS) is 18.7. The molecule has 0 bridgehead atoms. The lowest BCUT2D eigenvalue weighted by molar-refractivity contribution is -0.158. The van der Waals surface area contributed by atoms with Gasteiger partial charge >= 0.3 is 0 Å². The molecule has 2 aromatic rings. The van der Waals surface area contributed by atoms with E-state index in [1.807, 2.05) is 0 Å². The fourth-order valence-electron chi connectivity index (χ4n) is 3.87. The molecule has 8 nitrogen and oxygen atoms in total. The Morgan fingerprint density at radius 1 is 1.24 bits per heavy atom. The molecule has 1 aliphatic carbocycles. The Balaban J connectivity index is 1.46. The van der Waals surface area contributed by atoms with Crippen LogP contribution in [0.5, 0.6) is 0 Å². The molecule has 1 N–H and O–H groups in total. The van der Waals surface area contributed by atoms with Crippen LogP contribution in [-0.4, -0.2) is 50.7 Å². The summed E-state index contributed by atoms with van der Waals surface area (Å²) in [7, 11) is 0. The maximum absolute atomic E-state index is 12.9. The third kappa shape index (κ3) is 4.02. The maximum Gasteiger partial charge on any atom is 0.277 e. The molecular weight excluding hydrogens is 416 g/mol. The summed E-state index contributed by atoms with van der Waals surface area (Å²) in [5, 5.41) is 11.1. The summed E-state index contributed by atoms with van der Waals surface area (Å²) in [5.74, 6) is -0.806. The van der Waals surface area contributed by atoms with Crippen LogP contribution in [-0.2, 0) is 14.4 Å². The fourth-order valence-corrected chi connectivity index (χ4v) is 4.70. The first kappa shape index (κ1) is 19.9. The molecule has 4 rings (SSSR count). The molecule has 3 amide bonds. The first-order valence-electron chi connectivity index (χ1n) is 9.35. The van der Waals surface area contributed by atoms with Crippen LogP contribution in [0.4, 0.5) is 0 Å². The van der Waals surface area contributed by atoms with Crippen LogP contribution in [0.15, 0.2) is 33.9 Å². The molecule has 152 valence electrons. The number of thioether (sulfide) groups is 1. The van der Waals surface area contributed by atoms with E-state index in [2.05, 4.69) is 15.5 Å². The largest absolute Gasteiger partial charge is 0.411 e. The number of imide groups is 1. The van der Waals surface area contributed by atoms with Crippen LogP contribution in [0.3, 0.4) is 0 Å². The number of carbonyl (C=O) groups excluding carboxylic acids is 3. The third-order valence-corrected chi connectivity index (χ3v) is 6.31. The third-order valence-electron chi connectivity index (χ3n) is 5.27. The smallest absolute Gasteiger partial charge is 0.277 e. The second-order valence-electron chi connectivity index (χ2n) is 7.12. The number of carbonyl (C=O) groups is 3. The predicted octanol–water partition coefficient (Wildman–Crippen LogP) is 2.67. The summed E-state index contributed by atoms with van der Waals surface area (Å²) < 4.78 is 5.61. The molecule has 0 atom stereocenters. The number of nitrogens with zero attached hydrogens (tertiary/aromatic N) is 3. The lowest BCUT2D eigenvalue weighted by Crippen LogP contribution is -2.69. The van der Waals surface area contributed by atoms with E-state index in [-0.39, 0.29) is 29.3 Å². The van der Waals surface area contributed by atoms with Crippen LogP contribution in [0, 0.1) is 0 Å². The average Bonchev–Trinajstić information content (AvgIpc) is 3.19. The quantitative estimate of drug-likeness (QED) is 0.582. The van der Waals surface area contributed by atoms with Crippen LogP contribution in [0.25, 0.3) is 11.5 Å². The van der Waals surface area contributed by atoms with Gasteiger partial charge < -0.3 is 9.32 Å². The topological polar surface area (TPSA) is 105 Å². The first-order chi connectivity index (χ1) is 14.0. The van der Waals surface area contributed by atoms with E-state index < -0.39 is 11.4 Å². The Kier molecular flexibility index (Phi) is 5.60. The zero-order valence-corrected chi connectivity index (χ0v) is 17.1. The molecule has 29 heavy (non-hydrogen) atoms. The molecule has 1 saturated heterocycles. The Hall–Kier alpha value is -2.39. The molecule has 1 aliphatic heterocycles. The van der Waals surface area contributed by atoms with Gasteiger partial charge in [0.1, 0.15) is 12.1 Å². The van der Waals surface area contributed by atoms with Gasteiger partial charge in [0.15, 0.2) is 0 Å². The van der Waals surface area contributed by atoms with Gasteiger partial charge in [-0.25, -0.2) is 0 Å². The van der Waals surface area contributed by atoms with Gasteiger partial charge in [-0.2, -0.15) is 0 Å². The summed E-state index contributed by atoms with van der Waals surface area (Å²) in [6.45, 7) is -0.108. The zero-order chi connectivity index (χ0) is 20.4. The van der Waals surface area contributed by atoms with Crippen LogP contribution < -0.4 is 5.32 Å². The number of benzene rings is 1. The van der Waals surface area contributed by atoms with Crippen molar-refractivity contribution in [2.75, 3.05) is 12.3 Å². The van der Waals surface area contributed by atoms with Gasteiger partial charge in [0.2, 0.25) is 17.7 Å². The maximum atomic E-state index is 12.9. The lowest BCUT2D eigenvalue weighted by atomic mass is 9.78. The second kappa shape index (κ2) is 8.16. The van der Waals surface area contributed by atoms with Crippen molar-refractivity contribution in [1.29, 1.82) is 0 Å². The van der Waals surface area contributed by atoms with E-state index in [0.29, 0.717) is 29.3 Å². The summed E-state index contributed by atoms with van der Waals surface area (Å²) >= 11 is 7.06. The standard InChI is InChI=1S/C19H19ClN4O4S/c20-13-6-4-5-12(9-13)16-22-23-18(28-16)29-11-15(26)24-10-14(25)21-17(27)19(24)7-2-1-3-8-19/h4-6,9H,1-3,7-8,10-11H2,(H,21,25,27). The van der Waals surface area contributed by atoms with Crippen molar-refractivity contribution in [1.82, 2.24) is 20.4 Å². The highest BCUT2D eigenvalue weighted by atomic mass is 35.5. The molecule has 1 aromatic carbocycles. The van der Waals surface area contributed by atoms with E-state index in [1.54, 1.807) is 24.3 Å². The minimum Gasteiger partial charge on any atom is -0.411 e. The van der Waals surface area contributed by atoms with Crippen LogP contribution >= 0.6 is 23.4 Å². The number of piperazine rings is 1. The number of amides is 3. The van der Waals surface area contributed by atoms with Crippen molar-refractivity contribution in [2.24, 2.45) is 0 Å². The van der Waals surface area contributed by atoms with E-state index >= 15 is 0 Å². The number of hydrogen-bond donors (Lipinski definition) is 1. The molecule has 1 aromatic heterocycles. The molecule has 2 aliphatic rings. The van der Waals surface area contributed by atoms with Crippen molar-refractivity contribution < 1.29 is 18.8 Å². The van der Waals surface area contributed by atoms with Crippen molar-refractivity contribution >= 4 is 41.1 Å². The van der Waals surface area contributed by atoms with E-state index in [0.717, 1.165) is 31.0 Å². The number of aromatic nitrogens is 2. The highest BCUT2D eigenvalue weighted by Gasteiger charge is 2.50. The molecule has 10 heteroatoms. The van der Waals surface area contributed by atoms with Gasteiger partial charge in [0.05, 0.1) is 5.75 Å². The minimum atomic E-state index is -0.926. The van der Waals surface area contributed by atoms with Crippen LogP contribution in [0.1, 0.15) is 32.1 Å². The Morgan fingerprint density at radius 3 is 2.79 bits per heavy atom. The number of nitrogens with one attached hydrogen (secondary N) is 1. The summed E-state index contributed by atoms with van der Waals surface area (Å²) in [5.41, 5.74) is -0.243. The fraction of sp³-hybridized carbons (Fsp3) is 0.421. The van der Waals surface area contributed by atoms with Crippen LogP contribution in [0.2, 0.25) is 5.02 Å². The minimum absolute atomic E-state index is 0.000507. The molecule has 2 heterocycles. The Bertz CT molecular complexity index is 957. The molecular formula is C19H19ClN4O4S. The van der Waals surface area contributed by atoms with Crippen molar-refractivity contribution in [3.8, 4) is 11.5 Å². The van der Waals surface area contributed by atoms with Gasteiger partial charge in [-0.05, 0) is 31.0 Å². The SMILES string of the molecule is O=C1CN(C(=O)CSc2nnc(-c3cccc(Cl)c3)o2)C2(CCCCC2)C(=O)N1. The first-order valence-corrected chi connectivity index (χ1v) is 10.7. The van der Waals surface area contributed by atoms with Gasteiger partial charge in [0, 0.05) is 10.6 Å². The molecule has 0 unspecified atom stereocenters. The molecule has 1 saturated carbocycles. The Labute approximate surface area is 176 Å². The monoisotopic (exact) mass is 434 g/mol. The van der Waals surface area contributed by atoms with Gasteiger partial charge in [-0.15, -0.1) is 10.2 Å². The van der Waals surface area contributed by atoms with Crippen molar-refractivity contribution in [3.05, 3.63) is 29.3 Å². The zero-order valence-electron chi connectivity index (χ0n) is 15.5. The van der Waals surface area contributed by atoms with Crippen molar-refractivity contribution in [2.45, 2.75) is 42.9 Å². The highest BCUT2D eigenvalue weighted by Crippen LogP contribution is 2.36. The summed E-state index contributed by atoms with van der Waals surface area (Å²) in [6.07, 6.45) is 3.87. The molecule has 0 radical (unpaired) electrons. The van der Waals surface area contributed by atoms with Gasteiger partial charge in [-0.3, -0.25) is 19.7 Å². The van der Waals surface area contributed by atoms with Gasteiger partial charge in [0.25, 0.3) is 11.1 Å². The lowest BCUT2D eigenvalue weighted by Gasteiger charge is -2.47. The van der Waals surface area contributed by atoms with E-state index in [9.17, 15) is 14.4 Å². The average molecular weight is 435 g/mol. The number of hydrogen-bond acceptors (Lipinski definition) is 7. The molecule has 2 fully saturated rings. The van der Waals surface area contributed by atoms with E-state index in [4.69, 9.17) is 16.0 Å². The summed E-state index contributed by atoms with van der Waals surface area (Å²) in [6, 6.07) is 7.02. The number of halogens is 1. The Morgan fingerprint density at radius 2 is 2.03 bits per heavy atom.